The molecule has 6 heteroatoms. The second-order valence-electron chi connectivity index (χ2n) is 13.6. The van der Waals surface area contributed by atoms with E-state index in [9.17, 15) is 0 Å². The highest BCUT2D eigenvalue weighted by molar-refractivity contribution is 6.24. The van der Waals surface area contributed by atoms with Crippen LogP contribution in [0.4, 0.5) is 0 Å². The Morgan fingerprint density at radius 3 is 1.69 bits per heavy atom. The molecular weight excluding hydrogens is 661 g/mol. The molecule has 0 aliphatic heterocycles. The fraction of sp³-hybridized carbons (Fsp3) is 0. The average molecular weight is 691 g/mol. The zero-order valence-corrected chi connectivity index (χ0v) is 29.0. The van der Waals surface area contributed by atoms with Crippen LogP contribution in [0, 0.1) is 0 Å². The van der Waals surface area contributed by atoms with Crippen LogP contribution >= 0.6 is 0 Å². The molecule has 0 saturated heterocycles. The maximum absolute atomic E-state index is 5.05. The van der Waals surface area contributed by atoms with E-state index in [2.05, 4.69) is 114 Å². The normalized spacial score (nSPS) is 11.7. The molecule has 0 fully saturated rings. The first kappa shape index (κ1) is 30.2. The number of hydrogen-bond acceptors (Lipinski definition) is 4. The summed E-state index contributed by atoms with van der Waals surface area (Å²) in [6.07, 6.45) is 2.01. The van der Waals surface area contributed by atoms with Gasteiger partial charge >= 0.3 is 0 Å². The molecule has 0 aliphatic rings. The van der Waals surface area contributed by atoms with Crippen LogP contribution in [0.25, 0.3) is 99.8 Å². The third-order valence-electron chi connectivity index (χ3n) is 10.4. The molecule has 0 atom stereocenters. The fourth-order valence-corrected chi connectivity index (χ4v) is 7.89. The monoisotopic (exact) mass is 690 g/mol. The van der Waals surface area contributed by atoms with E-state index in [4.69, 9.17) is 20.1 Å². The van der Waals surface area contributed by atoms with Crippen molar-refractivity contribution in [1.82, 2.24) is 29.3 Å². The smallest absolute Gasteiger partial charge is 0.164 e. The Labute approximate surface area is 310 Å². The first-order valence-corrected chi connectivity index (χ1v) is 18.1. The summed E-state index contributed by atoms with van der Waals surface area (Å²) in [6.45, 7) is 0. The quantitative estimate of drug-likeness (QED) is 0.169. The van der Waals surface area contributed by atoms with Gasteiger partial charge in [-0.3, -0.25) is 0 Å². The Balaban J connectivity index is 1.18. The third-order valence-corrected chi connectivity index (χ3v) is 10.4. The maximum Gasteiger partial charge on any atom is 0.164 e. The fourth-order valence-electron chi connectivity index (χ4n) is 7.89. The summed E-state index contributed by atoms with van der Waals surface area (Å²) in [5, 5.41) is 13.2. The molecule has 3 aromatic heterocycles. The minimum atomic E-state index is 0.619. The van der Waals surface area contributed by atoms with Gasteiger partial charge in [0.1, 0.15) is 0 Å². The largest absolute Gasteiger partial charge is 0.309 e. The van der Waals surface area contributed by atoms with Crippen molar-refractivity contribution in [3.8, 4) is 45.5 Å². The van der Waals surface area contributed by atoms with Crippen molar-refractivity contribution in [1.29, 1.82) is 0 Å². The lowest BCUT2D eigenvalue weighted by molar-refractivity contribution is 0.911. The van der Waals surface area contributed by atoms with E-state index in [1.165, 1.54) is 32.3 Å². The van der Waals surface area contributed by atoms with Crippen molar-refractivity contribution < 1.29 is 0 Å². The summed E-state index contributed by atoms with van der Waals surface area (Å²) in [7, 11) is 0. The lowest BCUT2D eigenvalue weighted by Gasteiger charge is -2.12. The van der Waals surface area contributed by atoms with Gasteiger partial charge in [0, 0.05) is 38.5 Å². The number of fused-ring (bicyclic) bond motifs is 8. The molecule has 54 heavy (non-hydrogen) atoms. The van der Waals surface area contributed by atoms with Crippen LogP contribution in [-0.4, -0.2) is 29.3 Å². The van der Waals surface area contributed by atoms with E-state index < -0.39 is 0 Å². The summed E-state index contributed by atoms with van der Waals surface area (Å²) in [5.41, 5.74) is 8.12. The third kappa shape index (κ3) is 4.81. The molecule has 0 amide bonds. The molecule has 0 N–H and O–H groups in total. The second-order valence-corrected chi connectivity index (χ2v) is 13.6. The minimum Gasteiger partial charge on any atom is -0.309 e. The van der Waals surface area contributed by atoms with Crippen LogP contribution in [-0.2, 0) is 0 Å². The SMILES string of the molecule is c1ccc(-c2nc(-c3ccccc3)nc(-c3cccc(-n4c5cc6c(ccc7ccccc76)cc5c5c6cnn(-c7ccccc7)c6ccc54)c3)n2)cc1. The number of rotatable bonds is 5. The van der Waals surface area contributed by atoms with Gasteiger partial charge in [0.2, 0.25) is 0 Å². The Bertz CT molecular complexity index is 3140. The number of hydrogen-bond donors (Lipinski definition) is 0. The van der Waals surface area contributed by atoms with Crippen molar-refractivity contribution >= 4 is 54.3 Å². The summed E-state index contributed by atoms with van der Waals surface area (Å²) in [4.78, 5) is 15.0. The van der Waals surface area contributed by atoms with Gasteiger partial charge in [-0.05, 0) is 70.1 Å². The van der Waals surface area contributed by atoms with Gasteiger partial charge in [0.25, 0.3) is 0 Å². The molecule has 0 bridgehead atoms. The van der Waals surface area contributed by atoms with Gasteiger partial charge in [0.15, 0.2) is 17.5 Å². The molecule has 6 nitrogen and oxygen atoms in total. The molecule has 0 spiro atoms. The molecule has 8 aromatic carbocycles. The van der Waals surface area contributed by atoms with Gasteiger partial charge in [-0.2, -0.15) is 5.10 Å². The van der Waals surface area contributed by atoms with Crippen molar-refractivity contribution in [2.75, 3.05) is 0 Å². The van der Waals surface area contributed by atoms with Gasteiger partial charge in [0.05, 0.1) is 28.4 Å². The van der Waals surface area contributed by atoms with Crippen LogP contribution in [0.2, 0.25) is 0 Å². The lowest BCUT2D eigenvalue weighted by Crippen LogP contribution is -2.01. The van der Waals surface area contributed by atoms with Gasteiger partial charge in [-0.25, -0.2) is 19.6 Å². The first-order chi connectivity index (χ1) is 26.8. The topological polar surface area (TPSA) is 61.4 Å². The predicted molar refractivity (Wildman–Crippen MR) is 220 cm³/mol. The summed E-state index contributed by atoms with van der Waals surface area (Å²) >= 11 is 0. The van der Waals surface area contributed by atoms with E-state index in [1.54, 1.807) is 0 Å². The summed E-state index contributed by atoms with van der Waals surface area (Å²) in [5.74, 6) is 1.89. The van der Waals surface area contributed by atoms with Crippen LogP contribution in [0.3, 0.4) is 0 Å². The number of para-hydroxylation sites is 1. The summed E-state index contributed by atoms with van der Waals surface area (Å²) in [6, 6.07) is 61.3. The first-order valence-electron chi connectivity index (χ1n) is 18.1. The van der Waals surface area contributed by atoms with E-state index in [1.807, 2.05) is 77.6 Å². The van der Waals surface area contributed by atoms with Crippen LogP contribution in [0.15, 0.2) is 182 Å². The van der Waals surface area contributed by atoms with Crippen LogP contribution in [0.1, 0.15) is 0 Å². The van der Waals surface area contributed by atoms with E-state index >= 15 is 0 Å². The Morgan fingerprint density at radius 2 is 0.944 bits per heavy atom. The van der Waals surface area contributed by atoms with E-state index in [0.717, 1.165) is 50.0 Å². The van der Waals surface area contributed by atoms with Crippen LogP contribution in [0.5, 0.6) is 0 Å². The Kier molecular flexibility index (Phi) is 6.75. The number of nitrogens with zero attached hydrogens (tertiary/aromatic N) is 6. The lowest BCUT2D eigenvalue weighted by atomic mass is 9.99. The Morgan fingerprint density at radius 1 is 0.352 bits per heavy atom. The molecule has 0 saturated carbocycles. The summed E-state index contributed by atoms with van der Waals surface area (Å²) < 4.78 is 4.41. The molecule has 0 aliphatic carbocycles. The molecule has 3 heterocycles. The highest BCUT2D eigenvalue weighted by atomic mass is 15.3. The molecule has 0 radical (unpaired) electrons. The maximum atomic E-state index is 5.05. The molecule has 252 valence electrons. The molecule has 11 aromatic rings. The van der Waals surface area contributed by atoms with Gasteiger partial charge in [-0.15, -0.1) is 0 Å². The molecule has 11 rings (SSSR count). The zero-order valence-electron chi connectivity index (χ0n) is 29.0. The second kappa shape index (κ2) is 12.1. The highest BCUT2D eigenvalue weighted by Gasteiger charge is 2.20. The van der Waals surface area contributed by atoms with Gasteiger partial charge in [-0.1, -0.05) is 127 Å². The van der Waals surface area contributed by atoms with E-state index in [0.29, 0.717) is 17.5 Å². The van der Waals surface area contributed by atoms with E-state index in [-0.39, 0.29) is 0 Å². The van der Waals surface area contributed by atoms with Crippen molar-refractivity contribution in [3.05, 3.63) is 182 Å². The number of aromatic nitrogens is 6. The van der Waals surface area contributed by atoms with Crippen molar-refractivity contribution in [2.45, 2.75) is 0 Å². The number of benzene rings is 8. The highest BCUT2D eigenvalue weighted by Crippen LogP contribution is 2.41. The molecular formula is C48H30N6. The van der Waals surface area contributed by atoms with Crippen molar-refractivity contribution in [2.24, 2.45) is 0 Å². The van der Waals surface area contributed by atoms with Gasteiger partial charge < -0.3 is 4.57 Å². The molecule has 0 unspecified atom stereocenters. The van der Waals surface area contributed by atoms with Crippen molar-refractivity contribution in [3.63, 3.8) is 0 Å². The predicted octanol–water partition coefficient (Wildman–Crippen LogP) is 11.6. The average Bonchev–Trinajstić information content (AvgIpc) is 3.83. The minimum absolute atomic E-state index is 0.619. The zero-order chi connectivity index (χ0) is 35.6. The standard InChI is InChI=1S/C48H30N6/c1-4-14-32(15-5-1)46-50-47(33-16-6-2-7-17-33)52-48(51-46)35-18-12-21-37(27-35)53-43-26-25-42-41(30-49-54(42)36-19-8-3-9-20-36)45(43)40-28-34-24-23-31-13-10-11-22-38(31)39(34)29-44(40)53/h1-30H. The Hall–Kier alpha value is -7.44. The van der Waals surface area contributed by atoms with Crippen LogP contribution < -0.4 is 0 Å².